The monoisotopic (exact) mass is 455 g/mol. The summed E-state index contributed by atoms with van der Waals surface area (Å²) < 4.78 is 7.04. The smallest absolute Gasteiger partial charge is 0.271 e. The third-order valence-corrected chi connectivity index (χ3v) is 5.74. The maximum absolute atomic E-state index is 13.3. The van der Waals surface area contributed by atoms with Crippen molar-refractivity contribution in [3.8, 4) is 11.4 Å². The number of piperidine rings is 1. The number of hydrogen-bond donors (Lipinski definition) is 2. The average molecular weight is 456 g/mol. The predicted octanol–water partition coefficient (Wildman–Crippen LogP) is 4.16. The number of amides is 1. The van der Waals surface area contributed by atoms with Gasteiger partial charge in [-0.05, 0) is 56.3 Å². The van der Waals surface area contributed by atoms with Gasteiger partial charge in [0.25, 0.3) is 11.6 Å². The predicted molar refractivity (Wildman–Crippen MR) is 121 cm³/mol. The fourth-order valence-electron chi connectivity index (χ4n) is 3.91. The molecule has 0 radical (unpaired) electrons. The van der Waals surface area contributed by atoms with Gasteiger partial charge >= 0.3 is 0 Å². The molecule has 2 aromatic carbocycles. The highest BCUT2D eigenvalue weighted by Gasteiger charge is 2.27. The first-order valence-electron chi connectivity index (χ1n) is 10.2. The van der Waals surface area contributed by atoms with Gasteiger partial charge < -0.3 is 15.4 Å². The van der Waals surface area contributed by atoms with Crippen LogP contribution in [0.4, 0.5) is 11.4 Å². The summed E-state index contributed by atoms with van der Waals surface area (Å²) in [5, 5.41) is 22.4. The second kappa shape index (κ2) is 9.37. The molecule has 9 nitrogen and oxygen atoms in total. The Labute approximate surface area is 189 Å². The van der Waals surface area contributed by atoms with Crippen LogP contribution < -0.4 is 15.4 Å². The second-order valence-corrected chi connectivity index (χ2v) is 7.89. The van der Waals surface area contributed by atoms with E-state index in [-0.39, 0.29) is 17.3 Å². The minimum Gasteiger partial charge on any atom is -0.495 e. The Balaban J connectivity index is 1.73. The molecule has 4 rings (SSSR count). The lowest BCUT2D eigenvalue weighted by Crippen LogP contribution is -2.29. The van der Waals surface area contributed by atoms with Crippen LogP contribution >= 0.6 is 11.6 Å². The first kappa shape index (κ1) is 21.8. The zero-order chi connectivity index (χ0) is 22.7. The number of hydrogen-bond acceptors (Lipinski definition) is 6. The normalized spacial score (nSPS) is 14.2. The molecule has 2 heterocycles. The summed E-state index contributed by atoms with van der Waals surface area (Å²) in [5.74, 6) is 0.0530. The van der Waals surface area contributed by atoms with Crippen molar-refractivity contribution in [3.05, 3.63) is 75.1 Å². The largest absolute Gasteiger partial charge is 0.495 e. The van der Waals surface area contributed by atoms with Crippen LogP contribution in [0.25, 0.3) is 5.69 Å². The van der Waals surface area contributed by atoms with Crippen LogP contribution in [0, 0.1) is 10.1 Å². The Morgan fingerprint density at radius 2 is 1.97 bits per heavy atom. The Morgan fingerprint density at radius 3 is 2.62 bits per heavy atom. The Kier molecular flexibility index (Phi) is 6.38. The quantitative estimate of drug-likeness (QED) is 0.426. The van der Waals surface area contributed by atoms with Gasteiger partial charge in [0.1, 0.15) is 5.75 Å². The van der Waals surface area contributed by atoms with Gasteiger partial charge in [-0.2, -0.15) is 5.10 Å². The SMILES string of the molecule is COc1ccc([N+](=O)[O-])cc1NC(=O)c1cnn(-c2ccc(Cl)cc2)c1C1CCNCC1. The van der Waals surface area contributed by atoms with Crippen LogP contribution in [0.3, 0.4) is 0 Å². The molecule has 0 spiro atoms. The lowest BCUT2D eigenvalue weighted by molar-refractivity contribution is -0.384. The first-order valence-corrected chi connectivity index (χ1v) is 10.5. The standard InChI is InChI=1S/C22H22ClN5O4/c1-32-20-7-6-17(28(30)31)12-19(20)26-22(29)18-13-25-27(16-4-2-15(23)3-5-16)21(18)14-8-10-24-11-9-14/h2-7,12-14,24H,8-11H2,1H3,(H,26,29). The Hall–Kier alpha value is -3.43. The molecule has 10 heteroatoms. The summed E-state index contributed by atoms with van der Waals surface area (Å²) in [4.78, 5) is 24.0. The molecule has 0 unspecified atom stereocenters. The number of ether oxygens (including phenoxy) is 1. The third kappa shape index (κ3) is 4.44. The van der Waals surface area contributed by atoms with E-state index in [1.165, 1.54) is 31.5 Å². The van der Waals surface area contributed by atoms with Crippen LogP contribution in [0.5, 0.6) is 5.75 Å². The summed E-state index contributed by atoms with van der Waals surface area (Å²) in [6.07, 6.45) is 3.25. The van der Waals surface area contributed by atoms with Crippen LogP contribution in [-0.2, 0) is 0 Å². The van der Waals surface area contributed by atoms with Crippen molar-refractivity contribution in [2.75, 3.05) is 25.5 Å². The van der Waals surface area contributed by atoms with Gasteiger partial charge in [-0.1, -0.05) is 11.6 Å². The van der Waals surface area contributed by atoms with E-state index in [0.29, 0.717) is 16.3 Å². The van der Waals surface area contributed by atoms with E-state index in [0.717, 1.165) is 37.3 Å². The molecule has 1 saturated heterocycles. The molecular formula is C22H22ClN5O4. The minimum absolute atomic E-state index is 0.127. The molecule has 1 fully saturated rings. The summed E-state index contributed by atoms with van der Waals surface area (Å²) >= 11 is 6.04. The summed E-state index contributed by atoms with van der Waals surface area (Å²) in [5.41, 5.74) is 2.10. The molecule has 0 bridgehead atoms. The molecule has 1 aliphatic heterocycles. The number of aromatic nitrogens is 2. The van der Waals surface area contributed by atoms with Gasteiger partial charge in [0, 0.05) is 23.1 Å². The fourth-order valence-corrected chi connectivity index (χ4v) is 4.03. The third-order valence-electron chi connectivity index (χ3n) is 5.49. The van der Waals surface area contributed by atoms with E-state index in [2.05, 4.69) is 15.7 Å². The number of nitro groups is 1. The summed E-state index contributed by atoms with van der Waals surface area (Å²) in [7, 11) is 1.44. The van der Waals surface area contributed by atoms with Crippen molar-refractivity contribution < 1.29 is 14.5 Å². The molecule has 1 amide bonds. The Bertz CT molecular complexity index is 1140. The summed E-state index contributed by atoms with van der Waals surface area (Å²) in [6.45, 7) is 1.69. The van der Waals surface area contributed by atoms with Crippen molar-refractivity contribution in [1.29, 1.82) is 0 Å². The number of nitrogens with one attached hydrogen (secondary N) is 2. The summed E-state index contributed by atoms with van der Waals surface area (Å²) in [6, 6.07) is 11.3. The number of nitro benzene ring substituents is 1. The fraction of sp³-hybridized carbons (Fsp3) is 0.273. The van der Waals surface area contributed by atoms with E-state index in [4.69, 9.17) is 16.3 Å². The maximum atomic E-state index is 13.3. The molecular weight excluding hydrogens is 434 g/mol. The number of carbonyl (C=O) groups is 1. The van der Waals surface area contributed by atoms with E-state index in [9.17, 15) is 14.9 Å². The van der Waals surface area contributed by atoms with Gasteiger partial charge in [-0.15, -0.1) is 0 Å². The topological polar surface area (TPSA) is 111 Å². The highest BCUT2D eigenvalue weighted by Crippen LogP contribution is 2.33. The molecule has 0 aliphatic carbocycles. The highest BCUT2D eigenvalue weighted by atomic mass is 35.5. The number of benzene rings is 2. The zero-order valence-corrected chi connectivity index (χ0v) is 18.1. The molecule has 3 aromatic rings. The van der Waals surface area contributed by atoms with E-state index in [1.54, 1.807) is 16.8 Å². The van der Waals surface area contributed by atoms with Gasteiger partial charge in [0.2, 0.25) is 0 Å². The molecule has 0 atom stereocenters. The highest BCUT2D eigenvalue weighted by molar-refractivity contribution is 6.30. The number of nitrogens with zero attached hydrogens (tertiary/aromatic N) is 3. The first-order chi connectivity index (χ1) is 15.5. The number of halogens is 1. The van der Waals surface area contributed by atoms with Crippen LogP contribution in [0.1, 0.15) is 34.8 Å². The maximum Gasteiger partial charge on any atom is 0.271 e. The van der Waals surface area contributed by atoms with E-state index >= 15 is 0 Å². The van der Waals surface area contributed by atoms with Crippen molar-refractivity contribution >= 4 is 28.9 Å². The molecule has 2 N–H and O–H groups in total. The second-order valence-electron chi connectivity index (χ2n) is 7.45. The average Bonchev–Trinajstić information content (AvgIpc) is 3.25. The van der Waals surface area contributed by atoms with E-state index < -0.39 is 10.8 Å². The van der Waals surface area contributed by atoms with Crippen LogP contribution in [0.2, 0.25) is 5.02 Å². The Morgan fingerprint density at radius 1 is 1.25 bits per heavy atom. The van der Waals surface area contributed by atoms with Crippen molar-refractivity contribution in [1.82, 2.24) is 15.1 Å². The van der Waals surface area contributed by atoms with Crippen molar-refractivity contribution in [2.24, 2.45) is 0 Å². The number of anilines is 1. The number of methoxy groups -OCH3 is 1. The van der Waals surface area contributed by atoms with Gasteiger partial charge in [-0.3, -0.25) is 14.9 Å². The van der Waals surface area contributed by atoms with Crippen molar-refractivity contribution in [2.45, 2.75) is 18.8 Å². The molecule has 1 aliphatic rings. The number of carbonyl (C=O) groups excluding carboxylic acids is 1. The molecule has 1 aromatic heterocycles. The van der Waals surface area contributed by atoms with Gasteiger partial charge in [-0.25, -0.2) is 4.68 Å². The lowest BCUT2D eigenvalue weighted by Gasteiger charge is -2.24. The van der Waals surface area contributed by atoms with Crippen LogP contribution in [-0.4, -0.2) is 40.8 Å². The van der Waals surface area contributed by atoms with E-state index in [1.807, 2.05) is 12.1 Å². The van der Waals surface area contributed by atoms with Crippen LogP contribution in [0.15, 0.2) is 48.7 Å². The molecule has 0 saturated carbocycles. The lowest BCUT2D eigenvalue weighted by atomic mass is 9.91. The number of rotatable bonds is 6. The van der Waals surface area contributed by atoms with Crippen molar-refractivity contribution in [3.63, 3.8) is 0 Å². The number of non-ortho nitro benzene ring substituents is 1. The minimum atomic E-state index is -0.520. The molecule has 166 valence electrons. The van der Waals surface area contributed by atoms with Gasteiger partial charge in [0.05, 0.1) is 40.9 Å². The van der Waals surface area contributed by atoms with Gasteiger partial charge in [0.15, 0.2) is 0 Å². The molecule has 32 heavy (non-hydrogen) atoms. The zero-order valence-electron chi connectivity index (χ0n) is 17.4.